The predicted octanol–water partition coefficient (Wildman–Crippen LogP) is 2.48. The molecule has 2 heterocycles. The minimum absolute atomic E-state index is 0. The van der Waals surface area contributed by atoms with Crippen molar-refractivity contribution in [2.75, 3.05) is 30.8 Å². The molecule has 0 spiro atoms. The Hall–Kier alpha value is -3.00. The maximum Gasteiger partial charge on any atom is 0.224 e. The molecule has 0 bridgehead atoms. The molecule has 3 rings (SSSR count). The minimum Gasteiger partial charge on any atom is -0.497 e. The number of rotatable bonds is 7. The average molecular weight is 370 g/mol. The molecule has 1 aromatic carbocycles. The largest absolute Gasteiger partial charge is 0.497 e. The number of hydrogen-bond acceptors (Lipinski definition) is 7. The van der Waals surface area contributed by atoms with Crippen molar-refractivity contribution in [2.45, 2.75) is 26.7 Å². The number of nitrogen functional groups attached to an aromatic ring is 1. The maximum atomic E-state index is 5.91. The van der Waals surface area contributed by atoms with Crippen molar-refractivity contribution < 1.29 is 10.2 Å². The van der Waals surface area contributed by atoms with Crippen LogP contribution in [0.4, 0.5) is 11.8 Å². The van der Waals surface area contributed by atoms with E-state index in [1.165, 1.54) is 0 Å². The van der Waals surface area contributed by atoms with Gasteiger partial charge in [0, 0.05) is 18.7 Å². The Bertz CT molecular complexity index is 879. The van der Waals surface area contributed by atoms with Crippen LogP contribution in [-0.2, 0) is 0 Å². The number of aromatic nitrogens is 4. The average Bonchev–Trinajstić information content (AvgIpc) is 2.67. The molecule has 4 N–H and O–H groups in total. The van der Waals surface area contributed by atoms with Gasteiger partial charge in [-0.15, -0.1) is 0 Å². The summed E-state index contributed by atoms with van der Waals surface area (Å²) in [4.78, 5) is 20.2. The third-order valence-corrected chi connectivity index (χ3v) is 4.08. The van der Waals surface area contributed by atoms with E-state index in [0.717, 1.165) is 48.8 Å². The SMILES string of the molecule is CCCN(CCC)c1nc(N)nc2ncc(-c3ccc(OC)cc3)nc12.O. The molecular formula is C19H26N6O2. The number of ether oxygens (including phenoxy) is 1. The molecule has 0 aliphatic carbocycles. The Balaban J connectivity index is 0.00000261. The molecular weight excluding hydrogens is 344 g/mol. The monoisotopic (exact) mass is 370 g/mol. The third kappa shape index (κ3) is 4.40. The molecule has 144 valence electrons. The van der Waals surface area contributed by atoms with Crippen molar-refractivity contribution in [1.29, 1.82) is 0 Å². The normalized spacial score (nSPS) is 10.5. The summed E-state index contributed by atoms with van der Waals surface area (Å²) in [5, 5.41) is 0. The van der Waals surface area contributed by atoms with Gasteiger partial charge in [-0.3, -0.25) is 0 Å². The highest BCUT2D eigenvalue weighted by molar-refractivity contribution is 5.85. The molecule has 0 fully saturated rings. The van der Waals surface area contributed by atoms with Gasteiger partial charge < -0.3 is 20.8 Å². The fraction of sp³-hybridized carbons (Fsp3) is 0.368. The quantitative estimate of drug-likeness (QED) is 0.678. The zero-order valence-electron chi connectivity index (χ0n) is 15.9. The fourth-order valence-corrected chi connectivity index (χ4v) is 2.89. The molecule has 0 unspecified atom stereocenters. The Kier molecular flexibility index (Phi) is 6.84. The van der Waals surface area contributed by atoms with Crippen molar-refractivity contribution in [2.24, 2.45) is 0 Å². The van der Waals surface area contributed by atoms with Gasteiger partial charge >= 0.3 is 0 Å². The van der Waals surface area contributed by atoms with Gasteiger partial charge in [0.05, 0.1) is 19.0 Å². The summed E-state index contributed by atoms with van der Waals surface area (Å²) in [6, 6.07) is 7.73. The molecule has 8 heteroatoms. The van der Waals surface area contributed by atoms with Crippen molar-refractivity contribution in [3.05, 3.63) is 30.5 Å². The first-order valence-electron chi connectivity index (χ1n) is 8.85. The third-order valence-electron chi connectivity index (χ3n) is 4.08. The van der Waals surface area contributed by atoms with E-state index < -0.39 is 0 Å². The van der Waals surface area contributed by atoms with E-state index >= 15 is 0 Å². The summed E-state index contributed by atoms with van der Waals surface area (Å²) in [6.07, 6.45) is 3.73. The van der Waals surface area contributed by atoms with Gasteiger partial charge in [-0.1, -0.05) is 13.8 Å². The van der Waals surface area contributed by atoms with Crippen LogP contribution in [0.3, 0.4) is 0 Å². The second kappa shape index (κ2) is 9.09. The molecule has 0 saturated carbocycles. The molecule has 0 atom stereocenters. The van der Waals surface area contributed by atoms with Crippen molar-refractivity contribution >= 4 is 22.9 Å². The van der Waals surface area contributed by atoms with Crippen LogP contribution in [0.2, 0.25) is 0 Å². The van der Waals surface area contributed by atoms with E-state index in [1.54, 1.807) is 13.3 Å². The van der Waals surface area contributed by atoms with E-state index in [2.05, 4.69) is 33.7 Å². The second-order valence-electron chi connectivity index (χ2n) is 6.05. The summed E-state index contributed by atoms with van der Waals surface area (Å²) >= 11 is 0. The number of nitrogens with two attached hydrogens (primary N) is 1. The highest BCUT2D eigenvalue weighted by Gasteiger charge is 2.16. The van der Waals surface area contributed by atoms with Crippen LogP contribution in [0.25, 0.3) is 22.4 Å². The first-order chi connectivity index (χ1) is 12.7. The van der Waals surface area contributed by atoms with E-state index in [4.69, 9.17) is 15.5 Å². The highest BCUT2D eigenvalue weighted by atomic mass is 16.5. The van der Waals surface area contributed by atoms with Gasteiger partial charge in [0.2, 0.25) is 5.95 Å². The minimum atomic E-state index is 0. The van der Waals surface area contributed by atoms with Gasteiger partial charge in [0.25, 0.3) is 0 Å². The van der Waals surface area contributed by atoms with Crippen molar-refractivity contribution in [3.8, 4) is 17.0 Å². The lowest BCUT2D eigenvalue weighted by atomic mass is 10.1. The first kappa shape index (κ1) is 20.3. The Labute approximate surface area is 158 Å². The molecule has 0 aliphatic heterocycles. The van der Waals surface area contributed by atoms with Crippen LogP contribution >= 0.6 is 0 Å². The Morgan fingerprint density at radius 2 is 1.67 bits per heavy atom. The predicted molar refractivity (Wildman–Crippen MR) is 108 cm³/mol. The first-order valence-corrected chi connectivity index (χ1v) is 8.85. The van der Waals surface area contributed by atoms with Crippen molar-refractivity contribution in [3.63, 3.8) is 0 Å². The molecule has 0 saturated heterocycles. The molecule has 27 heavy (non-hydrogen) atoms. The maximum absolute atomic E-state index is 5.91. The zero-order valence-corrected chi connectivity index (χ0v) is 15.9. The van der Waals surface area contributed by atoms with Crippen LogP contribution in [-0.4, -0.2) is 45.6 Å². The van der Waals surface area contributed by atoms with Crippen LogP contribution in [0.5, 0.6) is 5.75 Å². The molecule has 3 aromatic rings. The fourth-order valence-electron chi connectivity index (χ4n) is 2.89. The van der Waals surface area contributed by atoms with Crippen LogP contribution in [0.15, 0.2) is 30.5 Å². The lowest BCUT2D eigenvalue weighted by molar-refractivity contribution is 0.415. The molecule has 0 amide bonds. The summed E-state index contributed by atoms with van der Waals surface area (Å²) in [6.45, 7) is 6.05. The highest BCUT2D eigenvalue weighted by Crippen LogP contribution is 2.26. The van der Waals surface area contributed by atoms with E-state index in [9.17, 15) is 0 Å². The van der Waals surface area contributed by atoms with Gasteiger partial charge in [-0.2, -0.15) is 9.97 Å². The van der Waals surface area contributed by atoms with E-state index in [1.807, 2.05) is 24.3 Å². The molecule has 8 nitrogen and oxygen atoms in total. The molecule has 2 aromatic heterocycles. The number of benzene rings is 1. The van der Waals surface area contributed by atoms with Gasteiger partial charge in [0.15, 0.2) is 17.0 Å². The summed E-state index contributed by atoms with van der Waals surface area (Å²) in [5.41, 5.74) is 8.82. The lowest BCUT2D eigenvalue weighted by Crippen LogP contribution is -2.27. The Morgan fingerprint density at radius 3 is 2.26 bits per heavy atom. The Morgan fingerprint density at radius 1 is 1.00 bits per heavy atom. The van der Waals surface area contributed by atoms with Crippen LogP contribution in [0, 0.1) is 0 Å². The van der Waals surface area contributed by atoms with Gasteiger partial charge in [0.1, 0.15) is 5.75 Å². The van der Waals surface area contributed by atoms with Crippen LogP contribution < -0.4 is 15.4 Å². The number of hydrogen-bond donors (Lipinski definition) is 1. The number of anilines is 2. The second-order valence-corrected chi connectivity index (χ2v) is 6.05. The van der Waals surface area contributed by atoms with Crippen molar-refractivity contribution in [1.82, 2.24) is 19.9 Å². The smallest absolute Gasteiger partial charge is 0.224 e. The van der Waals surface area contributed by atoms with Gasteiger partial charge in [-0.25, -0.2) is 9.97 Å². The number of fused-ring (bicyclic) bond motifs is 1. The topological polar surface area (TPSA) is 122 Å². The number of nitrogens with zero attached hydrogens (tertiary/aromatic N) is 5. The summed E-state index contributed by atoms with van der Waals surface area (Å²) in [5.74, 6) is 1.77. The number of methoxy groups -OCH3 is 1. The standard InChI is InChI=1S/C19H24N6O.H2O/c1-4-10-25(11-5-2)18-16-17(23-19(20)24-18)21-12-15(22-16)13-6-8-14(26-3)9-7-13;/h6-9,12H,4-5,10-11H2,1-3H3,(H2,20,21,23,24);1H2. The zero-order chi connectivity index (χ0) is 18.5. The van der Waals surface area contributed by atoms with Gasteiger partial charge in [-0.05, 0) is 37.1 Å². The van der Waals surface area contributed by atoms with Crippen LogP contribution in [0.1, 0.15) is 26.7 Å². The van der Waals surface area contributed by atoms with E-state index in [-0.39, 0.29) is 11.4 Å². The summed E-state index contributed by atoms with van der Waals surface area (Å²) < 4.78 is 5.22. The summed E-state index contributed by atoms with van der Waals surface area (Å²) in [7, 11) is 1.65. The molecule has 0 aliphatic rings. The molecule has 0 radical (unpaired) electrons. The lowest BCUT2D eigenvalue weighted by Gasteiger charge is -2.23. The van der Waals surface area contributed by atoms with E-state index in [0.29, 0.717) is 11.2 Å².